The normalized spacial score (nSPS) is 21.8. The fraction of sp³-hybridized carbons (Fsp3) is 0.909. The molecule has 3 nitrogen and oxygen atoms in total. The number of carbonyl (C=O) groups excluding carboxylic acids is 1. The maximum Gasteiger partial charge on any atom is 0.248 e. The average Bonchev–Trinajstić information content (AvgIpc) is 2.13. The number of amides is 1. The van der Waals surface area contributed by atoms with Gasteiger partial charge in [0.2, 0.25) is 11.8 Å². The molecular weight excluding hydrogens is 214 g/mol. The fourth-order valence-corrected chi connectivity index (χ4v) is 1.76. The monoisotopic (exact) mass is 234 g/mol. The van der Waals surface area contributed by atoms with Crippen molar-refractivity contribution in [3.8, 4) is 0 Å². The highest BCUT2D eigenvalue weighted by Crippen LogP contribution is 2.36. The van der Waals surface area contributed by atoms with Crippen molar-refractivity contribution in [3.63, 3.8) is 0 Å². The third kappa shape index (κ3) is 4.43. The third-order valence-electron chi connectivity index (χ3n) is 2.81. The quantitative estimate of drug-likeness (QED) is 0.780. The minimum absolute atomic E-state index is 0.144. The van der Waals surface area contributed by atoms with Crippen LogP contribution in [-0.4, -0.2) is 23.9 Å². The van der Waals surface area contributed by atoms with Crippen LogP contribution >= 0.6 is 0 Å². The molecule has 0 unspecified atom stereocenters. The second kappa shape index (κ2) is 4.65. The summed E-state index contributed by atoms with van der Waals surface area (Å²) in [6, 6.07) is 0. The molecule has 1 aliphatic rings. The van der Waals surface area contributed by atoms with E-state index in [0.29, 0.717) is 6.54 Å². The molecule has 5 heteroatoms. The average molecular weight is 234 g/mol. The van der Waals surface area contributed by atoms with Gasteiger partial charge in [0.05, 0.1) is 0 Å². The Balaban J connectivity index is 2.34. The van der Waals surface area contributed by atoms with Gasteiger partial charge in [-0.3, -0.25) is 4.79 Å². The van der Waals surface area contributed by atoms with Gasteiger partial charge >= 0.3 is 0 Å². The molecule has 0 radical (unpaired) electrons. The largest absolute Gasteiger partial charge is 0.354 e. The predicted molar refractivity (Wildman–Crippen MR) is 58.2 cm³/mol. The molecule has 0 aromatic rings. The van der Waals surface area contributed by atoms with E-state index in [0.717, 1.165) is 0 Å². The maximum absolute atomic E-state index is 12.9. The molecule has 0 aromatic heterocycles. The van der Waals surface area contributed by atoms with E-state index in [1.54, 1.807) is 0 Å². The summed E-state index contributed by atoms with van der Waals surface area (Å²) in [6.07, 6.45) is 0.169. The van der Waals surface area contributed by atoms with Crippen LogP contribution in [0.2, 0.25) is 0 Å². The van der Waals surface area contributed by atoms with Gasteiger partial charge in [-0.05, 0) is 26.7 Å². The summed E-state index contributed by atoms with van der Waals surface area (Å²) in [7, 11) is 0. The maximum atomic E-state index is 12.9. The summed E-state index contributed by atoms with van der Waals surface area (Å²) >= 11 is 0. The lowest BCUT2D eigenvalue weighted by atomic mass is 9.86. The van der Waals surface area contributed by atoms with E-state index in [9.17, 15) is 13.6 Å². The number of hydrogen-bond donors (Lipinski definition) is 2. The molecular formula is C11H20F2N2O. The standard InChI is InChI=1S/C11H20F2N2O/c1-10(2,14)7-15-9(16)8-3-5-11(12,13)6-4-8/h8H,3-7,14H2,1-2H3,(H,15,16). The van der Waals surface area contributed by atoms with Crippen molar-refractivity contribution >= 4 is 5.91 Å². The lowest BCUT2D eigenvalue weighted by molar-refractivity contribution is -0.129. The topological polar surface area (TPSA) is 55.1 Å². The Morgan fingerprint density at radius 3 is 2.38 bits per heavy atom. The summed E-state index contributed by atoms with van der Waals surface area (Å²) in [4.78, 5) is 11.6. The SMILES string of the molecule is CC(C)(N)CNC(=O)C1CCC(F)(F)CC1. The van der Waals surface area contributed by atoms with Gasteiger partial charge in [-0.2, -0.15) is 0 Å². The molecule has 0 aromatic carbocycles. The summed E-state index contributed by atoms with van der Waals surface area (Å²) in [5.41, 5.74) is 5.26. The Hall–Kier alpha value is -0.710. The Labute approximate surface area is 94.8 Å². The van der Waals surface area contributed by atoms with Crippen LogP contribution in [0.4, 0.5) is 8.78 Å². The van der Waals surface area contributed by atoms with Gasteiger partial charge < -0.3 is 11.1 Å². The highest BCUT2D eigenvalue weighted by atomic mass is 19.3. The van der Waals surface area contributed by atoms with Crippen LogP contribution in [0.3, 0.4) is 0 Å². The van der Waals surface area contributed by atoms with Gasteiger partial charge in [-0.15, -0.1) is 0 Å². The number of alkyl halides is 2. The van der Waals surface area contributed by atoms with Crippen molar-refractivity contribution in [1.29, 1.82) is 0 Å². The lowest BCUT2D eigenvalue weighted by Gasteiger charge is -2.28. The van der Waals surface area contributed by atoms with E-state index >= 15 is 0 Å². The van der Waals surface area contributed by atoms with Crippen LogP contribution in [0.5, 0.6) is 0 Å². The lowest BCUT2D eigenvalue weighted by Crippen LogP contribution is -2.47. The molecule has 16 heavy (non-hydrogen) atoms. The summed E-state index contributed by atoms with van der Waals surface area (Å²) in [6.45, 7) is 3.99. The molecule has 0 atom stereocenters. The predicted octanol–water partition coefficient (Wildman–Crippen LogP) is 1.67. The van der Waals surface area contributed by atoms with Gasteiger partial charge in [0.25, 0.3) is 0 Å². The first-order valence-corrected chi connectivity index (χ1v) is 5.64. The van der Waals surface area contributed by atoms with E-state index in [4.69, 9.17) is 5.73 Å². The zero-order valence-corrected chi connectivity index (χ0v) is 9.85. The minimum atomic E-state index is -2.58. The van der Waals surface area contributed by atoms with Crippen LogP contribution < -0.4 is 11.1 Å². The van der Waals surface area contributed by atoms with Crippen LogP contribution in [0.25, 0.3) is 0 Å². The smallest absolute Gasteiger partial charge is 0.248 e. The van der Waals surface area contributed by atoms with Crippen molar-refractivity contribution in [3.05, 3.63) is 0 Å². The van der Waals surface area contributed by atoms with Crippen LogP contribution in [-0.2, 0) is 4.79 Å². The summed E-state index contributed by atoms with van der Waals surface area (Å²) in [5, 5.41) is 2.71. The van der Waals surface area contributed by atoms with Crippen LogP contribution in [0.1, 0.15) is 39.5 Å². The molecule has 0 saturated heterocycles. The number of carbonyl (C=O) groups is 1. The molecule has 0 aliphatic heterocycles. The van der Waals surface area contributed by atoms with E-state index in [1.807, 2.05) is 13.8 Å². The van der Waals surface area contributed by atoms with Gasteiger partial charge in [0, 0.05) is 30.8 Å². The highest BCUT2D eigenvalue weighted by molar-refractivity contribution is 5.78. The van der Waals surface area contributed by atoms with Gasteiger partial charge in [-0.1, -0.05) is 0 Å². The zero-order valence-electron chi connectivity index (χ0n) is 9.85. The van der Waals surface area contributed by atoms with Gasteiger partial charge in [0.15, 0.2) is 0 Å². The molecule has 3 N–H and O–H groups in total. The van der Waals surface area contributed by atoms with Crippen molar-refractivity contribution in [2.75, 3.05) is 6.54 Å². The fourth-order valence-electron chi connectivity index (χ4n) is 1.76. The molecule has 0 spiro atoms. The van der Waals surface area contributed by atoms with Crippen LogP contribution in [0, 0.1) is 5.92 Å². The molecule has 0 heterocycles. The van der Waals surface area contributed by atoms with Crippen molar-refractivity contribution in [1.82, 2.24) is 5.32 Å². The van der Waals surface area contributed by atoms with E-state index in [1.165, 1.54) is 0 Å². The molecule has 1 rings (SSSR count). The number of nitrogens with two attached hydrogens (primary N) is 1. The Morgan fingerprint density at radius 1 is 1.44 bits per heavy atom. The minimum Gasteiger partial charge on any atom is -0.354 e. The second-order valence-electron chi connectivity index (χ2n) is 5.34. The highest BCUT2D eigenvalue weighted by Gasteiger charge is 2.37. The van der Waals surface area contributed by atoms with E-state index < -0.39 is 11.5 Å². The molecule has 1 amide bonds. The Bertz CT molecular complexity index is 251. The second-order valence-corrected chi connectivity index (χ2v) is 5.34. The van der Waals surface area contributed by atoms with Crippen molar-refractivity contribution < 1.29 is 13.6 Å². The number of nitrogens with one attached hydrogen (secondary N) is 1. The van der Waals surface area contributed by atoms with E-state index in [-0.39, 0.29) is 37.5 Å². The molecule has 94 valence electrons. The first kappa shape index (κ1) is 13.4. The third-order valence-corrected chi connectivity index (χ3v) is 2.81. The molecule has 1 fully saturated rings. The zero-order chi connectivity index (χ0) is 12.4. The molecule has 1 aliphatic carbocycles. The Morgan fingerprint density at radius 2 is 1.94 bits per heavy atom. The van der Waals surface area contributed by atoms with Gasteiger partial charge in [-0.25, -0.2) is 8.78 Å². The first-order chi connectivity index (χ1) is 7.20. The van der Waals surface area contributed by atoms with Crippen molar-refractivity contribution in [2.45, 2.75) is 51.0 Å². The molecule has 1 saturated carbocycles. The number of halogens is 2. The summed E-state index contributed by atoms with van der Waals surface area (Å²) in [5.74, 6) is -3.00. The van der Waals surface area contributed by atoms with Gasteiger partial charge in [0.1, 0.15) is 0 Å². The Kier molecular flexibility index (Phi) is 3.88. The first-order valence-electron chi connectivity index (χ1n) is 5.64. The molecule has 0 bridgehead atoms. The number of hydrogen-bond acceptors (Lipinski definition) is 2. The van der Waals surface area contributed by atoms with E-state index in [2.05, 4.69) is 5.32 Å². The summed E-state index contributed by atoms with van der Waals surface area (Å²) < 4.78 is 25.7. The van der Waals surface area contributed by atoms with Crippen LogP contribution in [0.15, 0.2) is 0 Å². The van der Waals surface area contributed by atoms with Crippen molar-refractivity contribution in [2.24, 2.45) is 11.7 Å². The number of rotatable bonds is 3.